The van der Waals surface area contributed by atoms with Crippen molar-refractivity contribution in [1.29, 1.82) is 0 Å². The Kier molecular flexibility index (Phi) is 15.5. The molecular weight excluding hydrogens is 338 g/mol. The molecule has 0 N–H and O–H groups in total. The van der Waals surface area contributed by atoms with Crippen LogP contribution in [0.3, 0.4) is 0 Å². The Morgan fingerprint density at radius 2 is 1.57 bits per heavy atom. The monoisotopic (exact) mass is 371 g/mol. The van der Waals surface area contributed by atoms with E-state index in [2.05, 4.69) is 32.0 Å². The Balaban J connectivity index is 3.58. The lowest BCUT2D eigenvalue weighted by molar-refractivity contribution is -0.0827. The third-order valence-corrected chi connectivity index (χ3v) is 9.19. The zero-order valence-electron chi connectivity index (χ0n) is 14.5. The Morgan fingerprint density at radius 3 is 2.05 bits per heavy atom. The molecule has 0 saturated heterocycles. The molecule has 21 heavy (non-hydrogen) atoms. The fraction of sp³-hybridized carbons (Fsp3) is 1.00. The zero-order valence-corrected chi connectivity index (χ0v) is 18.3. The van der Waals surface area contributed by atoms with Gasteiger partial charge in [-0.1, -0.05) is 16.8 Å². The predicted molar refractivity (Wildman–Crippen MR) is 105 cm³/mol. The van der Waals surface area contributed by atoms with Crippen LogP contribution in [-0.2, 0) is 9.47 Å². The van der Waals surface area contributed by atoms with Crippen LogP contribution < -0.4 is 0 Å². The maximum Gasteiger partial charge on any atom is 0.134 e. The van der Waals surface area contributed by atoms with Crippen molar-refractivity contribution in [3.05, 3.63) is 0 Å². The average molecular weight is 372 g/mol. The van der Waals surface area contributed by atoms with Crippen LogP contribution in [0.2, 0.25) is 6.04 Å². The van der Waals surface area contributed by atoms with E-state index in [9.17, 15) is 0 Å². The maximum absolute atomic E-state index is 5.61. The zero-order chi connectivity index (χ0) is 16.1. The van der Waals surface area contributed by atoms with Crippen molar-refractivity contribution in [3.8, 4) is 0 Å². The predicted octanol–water partition coefficient (Wildman–Crippen LogP) is 4.38. The first-order valence-electron chi connectivity index (χ1n) is 8.00. The Labute approximate surface area is 145 Å². The number of ether oxygens (including phenoxy) is 2. The second kappa shape index (κ2) is 14.7. The molecule has 0 aromatic carbocycles. The average Bonchev–Trinajstić information content (AvgIpc) is 2.41. The molecule has 0 fully saturated rings. The summed E-state index contributed by atoms with van der Waals surface area (Å²) >= 11 is 0. The van der Waals surface area contributed by atoms with Crippen molar-refractivity contribution in [2.75, 3.05) is 19.0 Å². The number of nitrogens with zero attached hydrogens (tertiary/aromatic N) is 1. The van der Waals surface area contributed by atoms with E-state index >= 15 is 0 Å². The second-order valence-corrected chi connectivity index (χ2v) is 11.4. The minimum atomic E-state index is -0.257. The Bertz CT molecular complexity index is 222. The van der Waals surface area contributed by atoms with E-state index in [4.69, 9.17) is 9.47 Å². The number of rotatable bonds is 14. The summed E-state index contributed by atoms with van der Waals surface area (Å²) in [7, 11) is 5.52. The normalized spacial score (nSPS) is 12.9. The van der Waals surface area contributed by atoms with E-state index in [0.717, 1.165) is 13.2 Å². The standard InChI is InChI=1S/C14H33NO2S3Si/c1-7-16-14(17-8-2)21-11-9-10-18-20-19-15(12(3)4)13(5)6/h12-14H,7-11,21H2,1-6H3. The molecule has 0 radical (unpaired) electrons. The van der Waals surface area contributed by atoms with Gasteiger partial charge in [0.1, 0.15) is 5.91 Å². The van der Waals surface area contributed by atoms with Gasteiger partial charge in [-0.25, -0.2) is 4.31 Å². The molecule has 0 bridgehead atoms. The largest absolute Gasteiger partial charge is 0.357 e. The molecule has 0 aliphatic rings. The number of hydrogen-bond acceptors (Lipinski definition) is 6. The summed E-state index contributed by atoms with van der Waals surface area (Å²) in [6.45, 7) is 14.6. The highest BCUT2D eigenvalue weighted by Crippen LogP contribution is 2.39. The summed E-state index contributed by atoms with van der Waals surface area (Å²) in [5, 5.41) is 0. The van der Waals surface area contributed by atoms with Crippen LogP contribution in [0.15, 0.2) is 0 Å². The molecule has 128 valence electrons. The van der Waals surface area contributed by atoms with Crippen molar-refractivity contribution in [2.45, 2.75) is 72.0 Å². The molecule has 0 heterocycles. The van der Waals surface area contributed by atoms with Crippen LogP contribution in [0.1, 0.15) is 48.0 Å². The molecule has 0 aliphatic heterocycles. The molecule has 0 aromatic heterocycles. The lowest BCUT2D eigenvalue weighted by atomic mass is 10.3. The quantitative estimate of drug-likeness (QED) is 0.147. The maximum atomic E-state index is 5.61. The van der Waals surface area contributed by atoms with E-state index in [1.807, 2.05) is 45.4 Å². The van der Waals surface area contributed by atoms with Crippen LogP contribution in [0, 0.1) is 0 Å². The van der Waals surface area contributed by atoms with Gasteiger partial charge in [0.2, 0.25) is 0 Å². The van der Waals surface area contributed by atoms with Crippen LogP contribution in [-0.4, -0.2) is 50.8 Å². The summed E-state index contributed by atoms with van der Waals surface area (Å²) in [5.41, 5.74) is 0. The smallest absolute Gasteiger partial charge is 0.134 e. The SMILES string of the molecule is CCOC(OCC)[SiH2]CCCSSSN(C(C)C)C(C)C. The first-order valence-corrected chi connectivity index (χ1v) is 13.4. The van der Waals surface area contributed by atoms with E-state index < -0.39 is 0 Å². The van der Waals surface area contributed by atoms with E-state index in [1.54, 1.807) is 0 Å². The van der Waals surface area contributed by atoms with Crippen molar-refractivity contribution in [3.63, 3.8) is 0 Å². The summed E-state index contributed by atoms with van der Waals surface area (Å²) in [5.74, 6) is 1.35. The molecular formula is C14H33NO2S3Si. The topological polar surface area (TPSA) is 21.7 Å². The van der Waals surface area contributed by atoms with Crippen LogP contribution in [0.25, 0.3) is 0 Å². The molecule has 0 unspecified atom stereocenters. The highest BCUT2D eigenvalue weighted by atomic mass is 33.5. The molecule has 0 aliphatic carbocycles. The first kappa shape index (κ1) is 22.1. The van der Waals surface area contributed by atoms with Gasteiger partial charge in [0.05, 0.1) is 9.52 Å². The van der Waals surface area contributed by atoms with Gasteiger partial charge in [-0.3, -0.25) is 0 Å². The van der Waals surface area contributed by atoms with Gasteiger partial charge in [-0.05, 0) is 57.8 Å². The van der Waals surface area contributed by atoms with Crippen molar-refractivity contribution in [2.24, 2.45) is 0 Å². The van der Waals surface area contributed by atoms with Gasteiger partial charge in [-0.2, -0.15) is 0 Å². The lowest BCUT2D eigenvalue weighted by Gasteiger charge is -2.27. The molecule has 0 rings (SSSR count). The molecule has 0 saturated carbocycles. The molecule has 0 amide bonds. The summed E-state index contributed by atoms with van der Waals surface area (Å²) in [6.07, 6.45) is 1.28. The van der Waals surface area contributed by atoms with Gasteiger partial charge in [0.15, 0.2) is 0 Å². The van der Waals surface area contributed by atoms with E-state index in [0.29, 0.717) is 12.1 Å². The van der Waals surface area contributed by atoms with Crippen LogP contribution in [0.4, 0.5) is 0 Å². The molecule has 0 atom stereocenters. The third kappa shape index (κ3) is 12.3. The molecule has 3 nitrogen and oxygen atoms in total. The summed E-state index contributed by atoms with van der Waals surface area (Å²) < 4.78 is 13.7. The van der Waals surface area contributed by atoms with Crippen molar-refractivity contribution < 1.29 is 9.47 Å². The minimum Gasteiger partial charge on any atom is -0.357 e. The fourth-order valence-corrected chi connectivity index (χ4v) is 8.37. The van der Waals surface area contributed by atoms with Gasteiger partial charge in [-0.15, -0.1) is 0 Å². The Hall–Kier alpha value is 1.15. The van der Waals surface area contributed by atoms with Gasteiger partial charge in [0.25, 0.3) is 0 Å². The molecule has 0 spiro atoms. The van der Waals surface area contributed by atoms with E-state index in [1.165, 1.54) is 18.2 Å². The summed E-state index contributed by atoms with van der Waals surface area (Å²) in [6, 6.07) is 2.49. The molecule has 0 aromatic rings. The third-order valence-electron chi connectivity index (χ3n) is 2.81. The lowest BCUT2D eigenvalue weighted by Crippen LogP contribution is -2.29. The van der Waals surface area contributed by atoms with Crippen molar-refractivity contribution in [1.82, 2.24) is 4.31 Å². The summed E-state index contributed by atoms with van der Waals surface area (Å²) in [4.78, 5) is 0. The number of hydrogen-bond donors (Lipinski definition) is 0. The van der Waals surface area contributed by atoms with Crippen molar-refractivity contribution >= 4 is 41.1 Å². The van der Waals surface area contributed by atoms with Gasteiger partial charge < -0.3 is 9.47 Å². The molecule has 7 heteroatoms. The highest BCUT2D eigenvalue weighted by molar-refractivity contribution is 9.09. The fourth-order valence-electron chi connectivity index (χ4n) is 1.92. The van der Waals surface area contributed by atoms with E-state index in [-0.39, 0.29) is 15.4 Å². The Morgan fingerprint density at radius 1 is 1.00 bits per heavy atom. The van der Waals surface area contributed by atoms with Crippen LogP contribution in [0.5, 0.6) is 0 Å². The van der Waals surface area contributed by atoms with Gasteiger partial charge in [0, 0.05) is 42.0 Å². The highest BCUT2D eigenvalue weighted by Gasteiger charge is 2.14. The first-order chi connectivity index (χ1) is 10.0. The van der Waals surface area contributed by atoms with Gasteiger partial charge >= 0.3 is 0 Å². The van der Waals surface area contributed by atoms with Crippen LogP contribution >= 0.6 is 31.6 Å². The second-order valence-electron chi connectivity index (χ2n) is 5.35. The minimum absolute atomic E-state index is 0.129.